The van der Waals surface area contributed by atoms with E-state index in [9.17, 15) is 4.79 Å². The summed E-state index contributed by atoms with van der Waals surface area (Å²) >= 11 is 0. The maximum absolute atomic E-state index is 13.3. The number of aryl methyl sites for hydroxylation is 2. The van der Waals surface area contributed by atoms with Gasteiger partial charge in [-0.3, -0.25) is 9.78 Å². The van der Waals surface area contributed by atoms with E-state index < -0.39 is 0 Å². The van der Waals surface area contributed by atoms with E-state index in [0.717, 1.165) is 55.8 Å². The Morgan fingerprint density at radius 3 is 2.83 bits per heavy atom. The fraction of sp³-hybridized carbons (Fsp3) is 0.345. The Kier molecular flexibility index (Phi) is 6.80. The smallest absolute Gasteiger partial charge is 0.253 e. The molecule has 0 saturated carbocycles. The zero-order chi connectivity index (χ0) is 24.2. The van der Waals surface area contributed by atoms with Crippen LogP contribution in [0.5, 0.6) is 5.75 Å². The first kappa shape index (κ1) is 23.1. The Morgan fingerprint density at radius 2 is 1.97 bits per heavy atom. The lowest BCUT2D eigenvalue weighted by Gasteiger charge is -2.21. The number of carbonyl (C=O) groups is 1. The van der Waals surface area contributed by atoms with E-state index >= 15 is 0 Å². The lowest BCUT2D eigenvalue weighted by atomic mass is 9.91. The van der Waals surface area contributed by atoms with Crippen LogP contribution < -0.4 is 4.74 Å². The number of hydrogen-bond donors (Lipinski definition) is 0. The van der Waals surface area contributed by atoms with Gasteiger partial charge in [0.25, 0.3) is 5.91 Å². The van der Waals surface area contributed by atoms with E-state index in [4.69, 9.17) is 9.26 Å². The monoisotopic (exact) mass is 469 g/mol. The van der Waals surface area contributed by atoms with E-state index in [1.807, 2.05) is 55.4 Å². The van der Waals surface area contributed by atoms with Crippen molar-refractivity contribution in [1.29, 1.82) is 0 Å². The van der Waals surface area contributed by atoms with Crippen LogP contribution in [0.25, 0.3) is 10.8 Å². The number of amides is 1. The summed E-state index contributed by atoms with van der Waals surface area (Å²) in [5.74, 6) is 2.05. The van der Waals surface area contributed by atoms with Crippen LogP contribution in [0.3, 0.4) is 0 Å². The van der Waals surface area contributed by atoms with Crippen molar-refractivity contribution in [3.8, 4) is 5.75 Å². The van der Waals surface area contributed by atoms with Crippen LogP contribution in [0, 0.1) is 19.8 Å². The third kappa shape index (κ3) is 5.21. The molecule has 0 radical (unpaired) electrons. The molecule has 1 atom stereocenters. The molecule has 6 nitrogen and oxygen atoms in total. The highest BCUT2D eigenvalue weighted by Crippen LogP contribution is 2.27. The van der Waals surface area contributed by atoms with Crippen LogP contribution in [0.1, 0.15) is 52.2 Å². The zero-order valence-electron chi connectivity index (χ0n) is 20.4. The second kappa shape index (κ2) is 10.3. The van der Waals surface area contributed by atoms with Crippen molar-refractivity contribution < 1.29 is 14.1 Å². The fourth-order valence-electron chi connectivity index (χ4n) is 4.99. The summed E-state index contributed by atoms with van der Waals surface area (Å²) in [4.78, 5) is 19.8. The molecule has 1 aliphatic rings. The van der Waals surface area contributed by atoms with Gasteiger partial charge in [-0.05, 0) is 74.6 Å². The highest BCUT2D eigenvalue weighted by Gasteiger charge is 2.23. The van der Waals surface area contributed by atoms with Gasteiger partial charge in [-0.1, -0.05) is 35.5 Å². The summed E-state index contributed by atoms with van der Waals surface area (Å²) in [7, 11) is 0. The Hall–Kier alpha value is -3.67. The molecule has 1 aliphatic heterocycles. The van der Waals surface area contributed by atoms with Crippen molar-refractivity contribution in [2.75, 3.05) is 13.1 Å². The molecule has 35 heavy (non-hydrogen) atoms. The van der Waals surface area contributed by atoms with E-state index in [1.165, 1.54) is 16.3 Å². The average Bonchev–Trinajstić information content (AvgIpc) is 3.06. The lowest BCUT2D eigenvalue weighted by Crippen LogP contribution is -2.32. The van der Waals surface area contributed by atoms with Crippen molar-refractivity contribution in [3.63, 3.8) is 0 Å². The Bertz CT molecular complexity index is 1310. The molecule has 0 N–H and O–H groups in total. The highest BCUT2D eigenvalue weighted by molar-refractivity contribution is 5.94. The minimum absolute atomic E-state index is 0.0697. The van der Waals surface area contributed by atoms with Crippen molar-refractivity contribution in [2.24, 2.45) is 5.92 Å². The maximum Gasteiger partial charge on any atom is 0.253 e. The van der Waals surface area contributed by atoms with Crippen LogP contribution in [-0.2, 0) is 13.0 Å². The van der Waals surface area contributed by atoms with E-state index in [0.29, 0.717) is 23.8 Å². The van der Waals surface area contributed by atoms with Crippen molar-refractivity contribution >= 4 is 16.7 Å². The van der Waals surface area contributed by atoms with Crippen molar-refractivity contribution in [2.45, 2.75) is 46.1 Å². The molecule has 0 bridgehead atoms. The van der Waals surface area contributed by atoms with Gasteiger partial charge in [0.2, 0.25) is 0 Å². The van der Waals surface area contributed by atoms with Crippen molar-refractivity contribution in [3.05, 3.63) is 89.1 Å². The van der Waals surface area contributed by atoms with Gasteiger partial charge in [0.1, 0.15) is 18.1 Å². The first-order valence-electron chi connectivity index (χ1n) is 12.3. The molecule has 4 aromatic rings. The quantitative estimate of drug-likeness (QED) is 0.351. The topological polar surface area (TPSA) is 68.5 Å². The number of fused-ring (bicyclic) bond motifs is 1. The molecule has 0 aliphatic carbocycles. The summed E-state index contributed by atoms with van der Waals surface area (Å²) < 4.78 is 11.2. The number of ether oxygens (including phenoxy) is 1. The fourth-order valence-corrected chi connectivity index (χ4v) is 4.99. The number of aromatic nitrogens is 2. The SMILES string of the molecule is Cc1noc(C)c1COc1cccc(C(=O)N2CCCC(Cc3cncc4ccccc34)CC2)c1. The van der Waals surface area contributed by atoms with Gasteiger partial charge < -0.3 is 14.2 Å². The minimum atomic E-state index is 0.0697. The third-order valence-electron chi connectivity index (χ3n) is 7.04. The molecule has 0 spiro atoms. The van der Waals surface area contributed by atoms with Crippen LogP contribution in [0.15, 0.2) is 65.4 Å². The third-order valence-corrected chi connectivity index (χ3v) is 7.04. The molecule has 3 heterocycles. The summed E-state index contributed by atoms with van der Waals surface area (Å²) in [6.45, 7) is 5.70. The number of carbonyl (C=O) groups excluding carboxylic acids is 1. The molecule has 180 valence electrons. The molecule has 1 saturated heterocycles. The van der Waals surface area contributed by atoms with Gasteiger partial charge in [-0.15, -0.1) is 0 Å². The molecule has 1 unspecified atom stereocenters. The average molecular weight is 470 g/mol. The van der Waals surface area contributed by atoms with Gasteiger partial charge in [0.15, 0.2) is 0 Å². The molecular formula is C29H31N3O3. The normalized spacial score (nSPS) is 16.3. The van der Waals surface area contributed by atoms with Crippen LogP contribution in [0.4, 0.5) is 0 Å². The van der Waals surface area contributed by atoms with Crippen molar-refractivity contribution in [1.82, 2.24) is 15.0 Å². The zero-order valence-corrected chi connectivity index (χ0v) is 20.4. The molecule has 5 rings (SSSR count). The number of pyridine rings is 1. The van der Waals surface area contributed by atoms with Gasteiger partial charge in [-0.2, -0.15) is 0 Å². The lowest BCUT2D eigenvalue weighted by molar-refractivity contribution is 0.0759. The number of benzene rings is 2. The van der Waals surface area contributed by atoms with Gasteiger partial charge in [0.05, 0.1) is 11.3 Å². The number of likely N-dealkylation sites (tertiary alicyclic amines) is 1. The number of nitrogens with zero attached hydrogens (tertiary/aromatic N) is 3. The van der Waals surface area contributed by atoms with Crippen LogP contribution in [0.2, 0.25) is 0 Å². The predicted molar refractivity (Wildman–Crippen MR) is 135 cm³/mol. The van der Waals surface area contributed by atoms with Crippen LogP contribution >= 0.6 is 0 Å². The van der Waals surface area contributed by atoms with Gasteiger partial charge in [0, 0.05) is 36.4 Å². The summed E-state index contributed by atoms with van der Waals surface area (Å²) in [6, 6.07) is 15.9. The highest BCUT2D eigenvalue weighted by atomic mass is 16.5. The van der Waals surface area contributed by atoms with E-state index in [1.54, 1.807) is 0 Å². The molecule has 2 aromatic carbocycles. The first-order chi connectivity index (χ1) is 17.1. The van der Waals surface area contributed by atoms with E-state index in [-0.39, 0.29) is 5.91 Å². The second-order valence-electron chi connectivity index (χ2n) is 9.43. The minimum Gasteiger partial charge on any atom is -0.489 e. The standard InChI is InChI=1S/C29H31N3O3/c1-20-28(21(2)35-31-20)19-34-26-10-5-9-23(16-26)29(33)32-13-6-7-22(12-14-32)15-25-18-30-17-24-8-3-4-11-27(24)25/h3-5,8-11,16-18,22H,6-7,12-15,19H2,1-2H3. The van der Waals surface area contributed by atoms with E-state index in [2.05, 4.69) is 34.4 Å². The molecule has 1 amide bonds. The maximum atomic E-state index is 13.3. The summed E-state index contributed by atoms with van der Waals surface area (Å²) in [5, 5.41) is 6.44. The Labute approximate surface area is 205 Å². The summed E-state index contributed by atoms with van der Waals surface area (Å²) in [5.41, 5.74) is 3.74. The molecule has 6 heteroatoms. The number of hydrogen-bond acceptors (Lipinski definition) is 5. The predicted octanol–water partition coefficient (Wildman–Crippen LogP) is 5.90. The largest absolute Gasteiger partial charge is 0.489 e. The van der Waals surface area contributed by atoms with Crippen LogP contribution in [-0.4, -0.2) is 34.0 Å². The van der Waals surface area contributed by atoms with Gasteiger partial charge >= 0.3 is 0 Å². The first-order valence-corrected chi connectivity index (χ1v) is 12.3. The Morgan fingerprint density at radius 1 is 1.09 bits per heavy atom. The molecule has 1 fully saturated rings. The van der Waals surface area contributed by atoms with Gasteiger partial charge in [-0.25, -0.2) is 0 Å². The second-order valence-corrected chi connectivity index (χ2v) is 9.43. The molecule has 2 aromatic heterocycles. The Balaban J connectivity index is 1.22. The summed E-state index contributed by atoms with van der Waals surface area (Å²) in [6.07, 6.45) is 8.06. The molecular weight excluding hydrogens is 438 g/mol. The number of rotatable bonds is 6.